The van der Waals surface area contributed by atoms with E-state index >= 15 is 0 Å². The number of carboxylic acids is 1. The van der Waals surface area contributed by atoms with Crippen LogP contribution in [0.3, 0.4) is 0 Å². The van der Waals surface area contributed by atoms with Gasteiger partial charge in [0.15, 0.2) is 5.75 Å². The fraction of sp³-hybridized carbons (Fsp3) is 0.593. The lowest BCUT2D eigenvalue weighted by molar-refractivity contribution is 0.0697. The predicted octanol–water partition coefficient (Wildman–Crippen LogP) is 7.00. The molecule has 2 N–H and O–H groups in total. The van der Waals surface area contributed by atoms with Crippen LogP contribution < -0.4 is 15.0 Å². The molecular formula is C27H40N2O3. The van der Waals surface area contributed by atoms with Crippen LogP contribution in [0, 0.1) is 5.92 Å². The maximum absolute atomic E-state index is 12.0. The van der Waals surface area contributed by atoms with Gasteiger partial charge in [-0.15, -0.1) is 0 Å². The van der Waals surface area contributed by atoms with Gasteiger partial charge in [0.25, 0.3) is 0 Å². The van der Waals surface area contributed by atoms with Crippen LogP contribution in [-0.2, 0) is 0 Å². The number of hydrogen-bond acceptors (Lipinski definition) is 4. The maximum atomic E-state index is 12.0. The summed E-state index contributed by atoms with van der Waals surface area (Å²) < 4.78 is 6.55. The molecule has 0 saturated heterocycles. The van der Waals surface area contributed by atoms with Crippen LogP contribution in [0.15, 0.2) is 36.1 Å². The summed E-state index contributed by atoms with van der Waals surface area (Å²) in [7, 11) is 0. The third-order valence-electron chi connectivity index (χ3n) is 6.39. The third kappa shape index (κ3) is 6.54. The summed E-state index contributed by atoms with van der Waals surface area (Å²) >= 11 is 0. The fourth-order valence-electron chi connectivity index (χ4n) is 4.52. The number of unbranched alkanes of at least 4 members (excludes halogenated alkanes) is 2. The van der Waals surface area contributed by atoms with E-state index in [0.29, 0.717) is 17.5 Å². The van der Waals surface area contributed by atoms with Gasteiger partial charge in [0, 0.05) is 19.1 Å². The minimum atomic E-state index is -0.899. The lowest BCUT2D eigenvalue weighted by Crippen LogP contribution is -2.27. The average Bonchev–Trinajstić information content (AvgIpc) is 3.28. The van der Waals surface area contributed by atoms with Crippen molar-refractivity contribution in [1.82, 2.24) is 0 Å². The Morgan fingerprint density at radius 2 is 1.84 bits per heavy atom. The van der Waals surface area contributed by atoms with Crippen LogP contribution in [0.2, 0.25) is 0 Å². The maximum Gasteiger partial charge on any atom is 0.335 e. The highest BCUT2D eigenvalue weighted by Crippen LogP contribution is 2.41. The van der Waals surface area contributed by atoms with Crippen LogP contribution in [-0.4, -0.2) is 30.2 Å². The second-order valence-corrected chi connectivity index (χ2v) is 9.28. The van der Waals surface area contributed by atoms with E-state index in [-0.39, 0.29) is 0 Å². The van der Waals surface area contributed by atoms with Crippen molar-refractivity contribution in [2.75, 3.05) is 23.3 Å². The zero-order chi connectivity index (χ0) is 22.9. The highest BCUT2D eigenvalue weighted by atomic mass is 16.5. The number of hydrogen-bond donors (Lipinski definition) is 2. The molecule has 5 nitrogen and oxygen atoms in total. The molecule has 0 aliphatic heterocycles. The summed E-state index contributed by atoms with van der Waals surface area (Å²) in [6.07, 6.45) is 16.3. The first-order chi connectivity index (χ1) is 15.5. The van der Waals surface area contributed by atoms with Crippen molar-refractivity contribution in [1.29, 1.82) is 0 Å². The summed E-state index contributed by atoms with van der Waals surface area (Å²) in [5, 5.41) is 13.5. The summed E-state index contributed by atoms with van der Waals surface area (Å²) in [6.45, 7) is 8.35. The monoisotopic (exact) mass is 440 g/mol. The molecule has 0 bridgehead atoms. The Morgan fingerprint density at radius 3 is 2.44 bits per heavy atom. The number of nitrogens with one attached hydrogen (secondary N) is 1. The van der Waals surface area contributed by atoms with E-state index in [4.69, 9.17) is 4.74 Å². The van der Waals surface area contributed by atoms with E-state index in [9.17, 15) is 9.90 Å². The number of anilines is 2. The molecule has 0 amide bonds. The van der Waals surface area contributed by atoms with Crippen molar-refractivity contribution in [3.05, 3.63) is 41.7 Å². The van der Waals surface area contributed by atoms with Crippen LogP contribution in [0.1, 0.15) is 88.9 Å². The van der Waals surface area contributed by atoms with Crippen molar-refractivity contribution < 1.29 is 14.6 Å². The molecule has 1 aromatic rings. The first kappa shape index (κ1) is 24.2. The topological polar surface area (TPSA) is 61.8 Å². The number of carboxylic acid groups (broad SMARTS) is 1. The molecule has 1 aromatic carbocycles. The molecule has 1 saturated carbocycles. The molecule has 1 unspecified atom stereocenters. The van der Waals surface area contributed by atoms with Crippen molar-refractivity contribution in [2.45, 2.75) is 84.6 Å². The Morgan fingerprint density at radius 1 is 1.16 bits per heavy atom. The Balaban J connectivity index is 2.07. The van der Waals surface area contributed by atoms with Crippen molar-refractivity contribution in [2.24, 2.45) is 5.92 Å². The number of carbonyl (C=O) groups is 1. The van der Waals surface area contributed by atoms with E-state index in [0.717, 1.165) is 80.9 Å². The van der Waals surface area contributed by atoms with E-state index in [1.807, 2.05) is 6.08 Å². The quantitative estimate of drug-likeness (QED) is 0.366. The van der Waals surface area contributed by atoms with Gasteiger partial charge < -0.3 is 20.1 Å². The molecule has 0 aromatic heterocycles. The number of nitrogens with zero attached hydrogens (tertiary/aromatic N) is 1. The Labute approximate surface area is 193 Å². The van der Waals surface area contributed by atoms with Gasteiger partial charge in [-0.3, -0.25) is 0 Å². The lowest BCUT2D eigenvalue weighted by atomic mass is 10.0. The Hall–Kier alpha value is -2.43. The number of rotatable bonds is 12. The standard InChI is InChI=1S/C27H40N2O3/c1-4-6-15-29(16-7-5-2)25-19-21(27(30)31)18-24(28-22-12-8-9-13-22)26(25)32-23-14-10-11-20(3)17-23/h10,14,17-20,22,28H,4-9,11-13,15-16H2,1-3H3,(H,30,31). The Bertz CT molecular complexity index is 816. The third-order valence-corrected chi connectivity index (χ3v) is 6.39. The first-order valence-corrected chi connectivity index (χ1v) is 12.5. The second kappa shape index (κ2) is 12.0. The molecule has 1 atom stereocenters. The summed E-state index contributed by atoms with van der Waals surface area (Å²) in [5.74, 6) is 1.13. The Kier molecular flexibility index (Phi) is 9.07. The number of aromatic carboxylic acids is 1. The lowest BCUT2D eigenvalue weighted by Gasteiger charge is -2.30. The van der Waals surface area contributed by atoms with Gasteiger partial charge in [0.2, 0.25) is 0 Å². The van der Waals surface area contributed by atoms with Crippen molar-refractivity contribution >= 4 is 17.3 Å². The van der Waals surface area contributed by atoms with Gasteiger partial charge in [-0.1, -0.05) is 52.5 Å². The minimum absolute atomic E-state index is 0.312. The smallest absolute Gasteiger partial charge is 0.335 e. The average molecular weight is 441 g/mol. The molecule has 32 heavy (non-hydrogen) atoms. The number of allylic oxidation sites excluding steroid dienone is 3. The molecule has 2 aliphatic carbocycles. The fourth-order valence-corrected chi connectivity index (χ4v) is 4.52. The highest BCUT2D eigenvalue weighted by Gasteiger charge is 2.24. The van der Waals surface area contributed by atoms with Crippen LogP contribution >= 0.6 is 0 Å². The van der Waals surface area contributed by atoms with Crippen LogP contribution in [0.25, 0.3) is 0 Å². The van der Waals surface area contributed by atoms with Gasteiger partial charge in [0.05, 0.1) is 16.9 Å². The molecule has 0 heterocycles. The van der Waals surface area contributed by atoms with Crippen molar-refractivity contribution in [3.63, 3.8) is 0 Å². The van der Waals surface area contributed by atoms with E-state index < -0.39 is 5.97 Å². The van der Waals surface area contributed by atoms with E-state index in [2.05, 4.69) is 43.1 Å². The molecule has 3 rings (SSSR count). The number of benzene rings is 1. The molecule has 2 aliphatic rings. The first-order valence-electron chi connectivity index (χ1n) is 12.5. The zero-order valence-electron chi connectivity index (χ0n) is 20.0. The van der Waals surface area contributed by atoms with Crippen LogP contribution in [0.4, 0.5) is 11.4 Å². The molecule has 176 valence electrons. The van der Waals surface area contributed by atoms with Gasteiger partial charge in [-0.2, -0.15) is 0 Å². The van der Waals surface area contributed by atoms with Gasteiger partial charge in [-0.25, -0.2) is 4.79 Å². The van der Waals surface area contributed by atoms with Crippen LogP contribution in [0.5, 0.6) is 5.75 Å². The highest BCUT2D eigenvalue weighted by molar-refractivity contribution is 5.93. The SMILES string of the molecule is CCCCN(CCCC)c1cc(C(=O)O)cc(NC2CCCC2)c1OC1=CC(C)CC=C1. The van der Waals surface area contributed by atoms with Gasteiger partial charge in [0.1, 0.15) is 5.76 Å². The zero-order valence-corrected chi connectivity index (χ0v) is 20.0. The largest absolute Gasteiger partial charge is 0.478 e. The van der Waals surface area contributed by atoms with Crippen molar-refractivity contribution in [3.8, 4) is 5.75 Å². The molecule has 0 spiro atoms. The summed E-state index contributed by atoms with van der Waals surface area (Å²) in [5.41, 5.74) is 2.00. The summed E-state index contributed by atoms with van der Waals surface area (Å²) in [4.78, 5) is 14.4. The van der Waals surface area contributed by atoms with E-state index in [1.54, 1.807) is 12.1 Å². The molecule has 5 heteroatoms. The predicted molar refractivity (Wildman–Crippen MR) is 133 cm³/mol. The summed E-state index contributed by atoms with van der Waals surface area (Å²) in [6, 6.07) is 3.93. The number of ether oxygens (including phenoxy) is 1. The van der Waals surface area contributed by atoms with Gasteiger partial charge >= 0.3 is 5.97 Å². The molecule has 1 fully saturated rings. The minimum Gasteiger partial charge on any atom is -0.478 e. The normalized spacial score (nSPS) is 18.5. The van der Waals surface area contributed by atoms with Gasteiger partial charge in [-0.05, 0) is 62.3 Å². The second-order valence-electron chi connectivity index (χ2n) is 9.28. The van der Waals surface area contributed by atoms with E-state index in [1.165, 1.54) is 12.8 Å². The molecule has 0 radical (unpaired) electrons. The molecular weight excluding hydrogens is 400 g/mol.